The van der Waals surface area contributed by atoms with E-state index < -0.39 is 0 Å². The molecule has 1 rings (SSSR count). The fourth-order valence-electron chi connectivity index (χ4n) is 2.45. The zero-order valence-electron chi connectivity index (χ0n) is 16.3. The number of carbonyl (C=O) groups is 1. The number of unbranched alkanes of at least 4 members (excludes halogenated alkanes) is 5. The Kier molecular flexibility index (Phi) is 17.6. The molecule has 0 saturated carbocycles. The number of hydrogen-bond donors (Lipinski definition) is 1. The highest BCUT2D eigenvalue weighted by Crippen LogP contribution is 2.16. The molecule has 1 heterocycles. The minimum atomic E-state index is 0.250. The zero-order chi connectivity index (χ0) is 19.5. The van der Waals surface area contributed by atoms with Crippen LogP contribution in [0.1, 0.15) is 75.9 Å². The summed E-state index contributed by atoms with van der Waals surface area (Å²) in [5.41, 5.74) is 5.46. The molecule has 2 N–H and O–H groups in total. The Morgan fingerprint density at radius 3 is 2.35 bits per heavy atom. The molecule has 5 heteroatoms. The van der Waals surface area contributed by atoms with Crippen molar-refractivity contribution in [3.05, 3.63) is 23.2 Å². The Labute approximate surface area is 167 Å². The minimum absolute atomic E-state index is 0.250. The van der Waals surface area contributed by atoms with Crippen LogP contribution in [0.3, 0.4) is 0 Å². The monoisotopic (exact) mass is 427 g/mol. The van der Waals surface area contributed by atoms with Crippen LogP contribution in [0.15, 0.2) is 10.5 Å². The van der Waals surface area contributed by atoms with Crippen molar-refractivity contribution in [3.63, 3.8) is 0 Å². The van der Waals surface area contributed by atoms with Gasteiger partial charge >= 0.3 is 0 Å². The van der Waals surface area contributed by atoms with Gasteiger partial charge in [-0.05, 0) is 49.7 Å². The van der Waals surface area contributed by atoms with E-state index in [1.807, 2.05) is 0 Å². The van der Waals surface area contributed by atoms with Crippen molar-refractivity contribution < 1.29 is 13.9 Å². The molecule has 0 unspecified atom stereocenters. The van der Waals surface area contributed by atoms with Crippen molar-refractivity contribution in [1.82, 2.24) is 0 Å². The number of amides is 1. The first kappa shape index (κ1) is 24.8. The molecule has 26 heavy (non-hydrogen) atoms. The number of furan rings is 1. The second-order valence-corrected chi connectivity index (χ2v) is 6.67. The molecule has 4 nitrogen and oxygen atoms in total. The lowest BCUT2D eigenvalue weighted by Gasteiger charge is -2.02. The standard InChI is InChI=1S/C20H31BrO2.CH3NO/c1-3-18-17-19(23-20(18)4-2)13-9-5-7-11-15-22-16-12-8-6-10-14-21;2-1-3/h17H,3-8,10-12,14-16H2,1-2H3;1H,(H2,2,3). The molecule has 0 aromatic carbocycles. The summed E-state index contributed by atoms with van der Waals surface area (Å²) in [5.74, 6) is 8.26. The van der Waals surface area contributed by atoms with E-state index in [-0.39, 0.29) is 6.41 Å². The maximum Gasteiger partial charge on any atom is 0.204 e. The van der Waals surface area contributed by atoms with E-state index in [0.717, 1.165) is 62.2 Å². The van der Waals surface area contributed by atoms with E-state index in [2.05, 4.69) is 53.4 Å². The van der Waals surface area contributed by atoms with Crippen molar-refractivity contribution in [2.75, 3.05) is 18.5 Å². The quantitative estimate of drug-likeness (QED) is 0.221. The van der Waals surface area contributed by atoms with Crippen molar-refractivity contribution >= 4 is 22.3 Å². The number of ether oxygens (including phenoxy) is 1. The third-order valence-electron chi connectivity index (χ3n) is 3.82. The van der Waals surface area contributed by atoms with Crippen molar-refractivity contribution in [3.8, 4) is 11.8 Å². The second kappa shape index (κ2) is 18.5. The largest absolute Gasteiger partial charge is 0.452 e. The molecule has 0 fully saturated rings. The summed E-state index contributed by atoms with van der Waals surface area (Å²) in [6.45, 7) is 6.04. The maximum absolute atomic E-state index is 8.58. The van der Waals surface area contributed by atoms with Gasteiger partial charge in [0.1, 0.15) is 5.76 Å². The predicted octanol–water partition coefficient (Wildman–Crippen LogP) is 5.00. The molecule has 0 aliphatic carbocycles. The molecule has 1 aromatic heterocycles. The average Bonchev–Trinajstić information content (AvgIpc) is 3.05. The molecule has 0 bridgehead atoms. The number of carbonyl (C=O) groups excluding carboxylic acids is 1. The molecular weight excluding hydrogens is 394 g/mol. The molecule has 0 radical (unpaired) electrons. The van der Waals surface area contributed by atoms with Crippen LogP contribution < -0.4 is 5.73 Å². The molecule has 0 aliphatic rings. The molecule has 1 aromatic rings. The summed E-state index contributed by atoms with van der Waals surface area (Å²) < 4.78 is 11.4. The van der Waals surface area contributed by atoms with Crippen molar-refractivity contribution in [2.24, 2.45) is 5.73 Å². The van der Waals surface area contributed by atoms with Gasteiger partial charge < -0.3 is 14.9 Å². The number of rotatable bonds is 12. The molecule has 0 atom stereocenters. The van der Waals surface area contributed by atoms with E-state index >= 15 is 0 Å². The average molecular weight is 428 g/mol. The van der Waals surface area contributed by atoms with Crippen LogP contribution in [0.2, 0.25) is 0 Å². The number of nitrogens with two attached hydrogens (primary N) is 1. The van der Waals surface area contributed by atoms with Gasteiger partial charge in [-0.15, -0.1) is 0 Å². The van der Waals surface area contributed by atoms with E-state index in [0.29, 0.717) is 0 Å². The lowest BCUT2D eigenvalue weighted by Crippen LogP contribution is -1.97. The van der Waals surface area contributed by atoms with Crippen LogP contribution in [-0.4, -0.2) is 25.0 Å². The van der Waals surface area contributed by atoms with Crippen molar-refractivity contribution in [1.29, 1.82) is 0 Å². The van der Waals surface area contributed by atoms with Gasteiger partial charge in [0.05, 0.1) is 0 Å². The van der Waals surface area contributed by atoms with Crippen LogP contribution in [0, 0.1) is 11.8 Å². The first-order valence-electron chi connectivity index (χ1n) is 9.62. The first-order chi connectivity index (χ1) is 12.7. The molecule has 0 saturated heterocycles. The van der Waals surface area contributed by atoms with Crippen LogP contribution in [0.5, 0.6) is 0 Å². The van der Waals surface area contributed by atoms with Crippen molar-refractivity contribution in [2.45, 2.75) is 71.6 Å². The number of halogens is 1. The Morgan fingerprint density at radius 1 is 1.12 bits per heavy atom. The maximum atomic E-state index is 8.58. The minimum Gasteiger partial charge on any atom is -0.452 e. The lowest BCUT2D eigenvalue weighted by molar-refractivity contribution is -0.106. The summed E-state index contributed by atoms with van der Waals surface area (Å²) in [6.07, 6.45) is 10.3. The summed E-state index contributed by atoms with van der Waals surface area (Å²) >= 11 is 3.45. The number of alkyl halides is 1. The van der Waals surface area contributed by atoms with Gasteiger partial charge in [-0.25, -0.2) is 0 Å². The topological polar surface area (TPSA) is 65.5 Å². The van der Waals surface area contributed by atoms with E-state index in [1.54, 1.807) is 0 Å². The molecular formula is C21H34BrNO3. The smallest absolute Gasteiger partial charge is 0.204 e. The molecule has 1 amide bonds. The predicted molar refractivity (Wildman–Crippen MR) is 112 cm³/mol. The molecule has 0 spiro atoms. The highest BCUT2D eigenvalue weighted by Gasteiger charge is 2.05. The zero-order valence-corrected chi connectivity index (χ0v) is 17.9. The Bertz CT molecular complexity index is 496. The van der Waals surface area contributed by atoms with Gasteiger partial charge in [-0.3, -0.25) is 4.79 Å². The lowest BCUT2D eigenvalue weighted by atomic mass is 10.1. The third-order valence-corrected chi connectivity index (χ3v) is 4.38. The highest BCUT2D eigenvalue weighted by molar-refractivity contribution is 9.09. The Morgan fingerprint density at radius 2 is 1.77 bits per heavy atom. The highest BCUT2D eigenvalue weighted by atomic mass is 79.9. The van der Waals surface area contributed by atoms with Crippen LogP contribution in [0.4, 0.5) is 0 Å². The van der Waals surface area contributed by atoms with E-state index in [9.17, 15) is 0 Å². The van der Waals surface area contributed by atoms with Gasteiger partial charge in [0.15, 0.2) is 5.76 Å². The number of hydrogen-bond acceptors (Lipinski definition) is 3. The SMILES string of the molecule is CCc1cc(C#CCCCCOCCCCCCBr)oc1CC.NC=O. The van der Waals surface area contributed by atoms with Gasteiger partial charge in [0.2, 0.25) is 6.41 Å². The van der Waals surface area contributed by atoms with E-state index in [1.165, 1.54) is 31.2 Å². The van der Waals surface area contributed by atoms with Crippen LogP contribution >= 0.6 is 15.9 Å². The first-order valence-corrected chi connectivity index (χ1v) is 10.7. The fourth-order valence-corrected chi connectivity index (χ4v) is 2.84. The van der Waals surface area contributed by atoms with Gasteiger partial charge in [-0.2, -0.15) is 0 Å². The van der Waals surface area contributed by atoms with Crippen LogP contribution in [-0.2, 0) is 22.4 Å². The Hall–Kier alpha value is -1.25. The second-order valence-electron chi connectivity index (χ2n) is 5.88. The molecule has 0 aliphatic heterocycles. The van der Waals surface area contributed by atoms with Crippen LogP contribution in [0.25, 0.3) is 0 Å². The molecule has 148 valence electrons. The number of primary amides is 1. The summed E-state index contributed by atoms with van der Waals surface area (Å²) in [4.78, 5) is 8.58. The fraction of sp³-hybridized carbons (Fsp3) is 0.667. The summed E-state index contributed by atoms with van der Waals surface area (Å²) in [7, 11) is 0. The third kappa shape index (κ3) is 13.0. The number of aryl methyl sites for hydroxylation is 2. The van der Waals surface area contributed by atoms with E-state index in [4.69, 9.17) is 13.9 Å². The van der Waals surface area contributed by atoms with Gasteiger partial charge in [-0.1, -0.05) is 48.5 Å². The van der Waals surface area contributed by atoms with Gasteiger partial charge in [0, 0.05) is 31.4 Å². The summed E-state index contributed by atoms with van der Waals surface area (Å²) in [5, 5.41) is 1.12. The summed E-state index contributed by atoms with van der Waals surface area (Å²) in [6, 6.07) is 2.09. The Balaban J connectivity index is 0.00000194. The normalized spacial score (nSPS) is 9.81. The van der Waals surface area contributed by atoms with Gasteiger partial charge in [0.25, 0.3) is 0 Å².